The zero-order valence-corrected chi connectivity index (χ0v) is 18.8. The Kier molecular flexibility index (Phi) is 8.46. The Morgan fingerprint density at radius 1 is 0.548 bits per heavy atom. The van der Waals surface area contributed by atoms with Crippen molar-refractivity contribution in [2.75, 3.05) is 13.2 Å². The van der Waals surface area contributed by atoms with Crippen LogP contribution in [0.5, 0.6) is 0 Å². The van der Waals surface area contributed by atoms with Gasteiger partial charge in [0.15, 0.2) is 46.5 Å². The zero-order valence-electron chi connectivity index (χ0n) is 14.5. The maximum absolute atomic E-state index is 13.7. The van der Waals surface area contributed by atoms with Gasteiger partial charge in [0.25, 0.3) is 0 Å². The first kappa shape index (κ1) is 25.5. The van der Waals surface area contributed by atoms with Gasteiger partial charge in [-0.05, 0) is 45.2 Å². The summed E-state index contributed by atoms with van der Waals surface area (Å²) in [5.74, 6) is -19.3. The van der Waals surface area contributed by atoms with E-state index < -0.39 is 90.0 Å². The summed E-state index contributed by atoms with van der Waals surface area (Å²) >= 11 is 2.14. The fraction of sp³-hybridized carbons (Fsp3) is 0.176. The van der Waals surface area contributed by atoms with Crippen molar-refractivity contribution in [2.45, 2.75) is 6.42 Å². The maximum atomic E-state index is 13.7. The molecule has 0 spiro atoms. The minimum absolute atomic E-state index is 0.313. The Labute approximate surface area is 195 Å². The number of hydrogen-bond acceptors (Lipinski definition) is 4. The molecule has 0 radical (unpaired) electrons. The molecule has 0 unspecified atom stereocenters. The molecule has 0 N–H and O–H groups in total. The molecule has 2 aromatic rings. The lowest BCUT2D eigenvalue weighted by molar-refractivity contribution is 0.0386. The Morgan fingerprint density at radius 2 is 0.839 bits per heavy atom. The van der Waals surface area contributed by atoms with Crippen LogP contribution in [-0.4, -0.2) is 25.2 Å². The molecule has 2 rings (SSSR count). The molecular formula is C17H6F8I2O4. The molecular weight excluding hydrogens is 674 g/mol. The van der Waals surface area contributed by atoms with E-state index in [4.69, 9.17) is 0 Å². The van der Waals surface area contributed by atoms with Crippen LogP contribution in [0.4, 0.5) is 35.1 Å². The van der Waals surface area contributed by atoms with Gasteiger partial charge in [-0.25, -0.2) is 44.7 Å². The van der Waals surface area contributed by atoms with Crippen LogP contribution in [0, 0.1) is 53.7 Å². The van der Waals surface area contributed by atoms with Gasteiger partial charge in [0.2, 0.25) is 0 Å². The molecule has 4 nitrogen and oxygen atoms in total. The van der Waals surface area contributed by atoms with Crippen molar-refractivity contribution >= 4 is 57.1 Å². The van der Waals surface area contributed by atoms with Crippen LogP contribution < -0.4 is 0 Å². The van der Waals surface area contributed by atoms with Crippen molar-refractivity contribution in [3.63, 3.8) is 0 Å². The van der Waals surface area contributed by atoms with Gasteiger partial charge in [-0.3, -0.25) is 0 Å². The van der Waals surface area contributed by atoms with Gasteiger partial charge < -0.3 is 9.47 Å². The quantitative estimate of drug-likeness (QED) is 0.102. The molecule has 14 heteroatoms. The highest BCUT2D eigenvalue weighted by Gasteiger charge is 2.30. The van der Waals surface area contributed by atoms with Crippen molar-refractivity contribution in [3.8, 4) is 0 Å². The van der Waals surface area contributed by atoms with E-state index in [1.807, 2.05) is 0 Å². The predicted octanol–water partition coefficient (Wildman–Crippen LogP) is 5.41. The third-order valence-electron chi connectivity index (χ3n) is 3.58. The van der Waals surface area contributed by atoms with Crippen LogP contribution in [0.25, 0.3) is 0 Å². The highest BCUT2D eigenvalue weighted by molar-refractivity contribution is 14.1. The molecule has 0 aromatic heterocycles. The first-order valence-corrected chi connectivity index (χ1v) is 9.94. The Hall–Kier alpha value is -1.72. The van der Waals surface area contributed by atoms with Gasteiger partial charge in [0.1, 0.15) is 11.1 Å². The fourth-order valence-corrected chi connectivity index (χ4v) is 3.49. The molecule has 0 saturated heterocycles. The Morgan fingerprint density at radius 3 is 1.16 bits per heavy atom. The molecule has 0 aliphatic heterocycles. The molecule has 2 aromatic carbocycles. The molecule has 0 heterocycles. The van der Waals surface area contributed by atoms with Gasteiger partial charge in [0.05, 0.1) is 20.4 Å². The average molecular weight is 680 g/mol. The van der Waals surface area contributed by atoms with Crippen molar-refractivity contribution in [1.29, 1.82) is 0 Å². The molecule has 0 amide bonds. The lowest BCUT2D eigenvalue weighted by Gasteiger charge is -2.11. The van der Waals surface area contributed by atoms with E-state index in [9.17, 15) is 44.7 Å². The minimum atomic E-state index is -2.21. The molecule has 0 atom stereocenters. The van der Waals surface area contributed by atoms with Crippen molar-refractivity contribution in [2.24, 2.45) is 0 Å². The van der Waals surface area contributed by atoms with E-state index in [2.05, 4.69) is 9.47 Å². The summed E-state index contributed by atoms with van der Waals surface area (Å²) in [5.41, 5.74) is -2.38. The standard InChI is InChI=1S/C17H6F8I2O4/c18-6-4(14(26)12(24)10(22)8(6)20)16(28)30-2-1-3-31-17(29)5-7(19)9(21)11(23)13(25)15(5)27/h1-3H2. The number of carbonyl (C=O) groups excluding carboxylic acids is 2. The number of esters is 2. The van der Waals surface area contributed by atoms with E-state index >= 15 is 0 Å². The summed E-state index contributed by atoms with van der Waals surface area (Å²) < 4.78 is 114. The average Bonchev–Trinajstić information content (AvgIpc) is 2.73. The third kappa shape index (κ3) is 5.04. The number of ether oxygens (including phenoxy) is 2. The molecule has 0 fully saturated rings. The summed E-state index contributed by atoms with van der Waals surface area (Å²) in [7, 11) is 0. The van der Waals surface area contributed by atoms with E-state index in [1.54, 1.807) is 0 Å². The van der Waals surface area contributed by atoms with Gasteiger partial charge in [-0.15, -0.1) is 0 Å². The second-order valence-corrected chi connectivity index (χ2v) is 7.67. The molecule has 31 heavy (non-hydrogen) atoms. The van der Waals surface area contributed by atoms with E-state index in [-0.39, 0.29) is 6.42 Å². The van der Waals surface area contributed by atoms with Gasteiger partial charge >= 0.3 is 11.9 Å². The van der Waals surface area contributed by atoms with Crippen molar-refractivity contribution in [3.05, 3.63) is 64.8 Å². The van der Waals surface area contributed by atoms with Crippen LogP contribution in [0.3, 0.4) is 0 Å². The van der Waals surface area contributed by atoms with Crippen LogP contribution >= 0.6 is 45.2 Å². The monoisotopic (exact) mass is 680 g/mol. The SMILES string of the molecule is O=C(OCCCOC(=O)c1c(F)c(F)c(F)c(F)c1I)c1c(F)c(F)c(F)c(F)c1I. The van der Waals surface area contributed by atoms with E-state index in [0.29, 0.717) is 0 Å². The second kappa shape index (κ2) is 10.3. The van der Waals surface area contributed by atoms with Gasteiger partial charge in [0, 0.05) is 6.42 Å². The number of carbonyl (C=O) groups is 2. The summed E-state index contributed by atoms with van der Waals surface area (Å²) in [6.07, 6.45) is -0.313. The van der Waals surface area contributed by atoms with Crippen LogP contribution in [0.1, 0.15) is 27.1 Å². The number of halogens is 10. The molecule has 0 bridgehead atoms. The number of rotatable bonds is 6. The second-order valence-electron chi connectivity index (χ2n) is 5.52. The van der Waals surface area contributed by atoms with E-state index in [0.717, 1.165) is 45.2 Å². The van der Waals surface area contributed by atoms with Gasteiger partial charge in [-0.1, -0.05) is 0 Å². The largest absolute Gasteiger partial charge is 0.462 e. The summed E-state index contributed by atoms with van der Waals surface area (Å²) in [6, 6.07) is 0. The zero-order chi connectivity index (χ0) is 23.6. The molecule has 168 valence electrons. The summed E-state index contributed by atoms with van der Waals surface area (Å²) in [4.78, 5) is 23.6. The maximum Gasteiger partial charge on any atom is 0.342 e. The van der Waals surface area contributed by atoms with Crippen LogP contribution in [-0.2, 0) is 9.47 Å². The van der Waals surface area contributed by atoms with Crippen molar-refractivity contribution in [1.82, 2.24) is 0 Å². The summed E-state index contributed by atoms with van der Waals surface area (Å²) in [5, 5.41) is 0. The molecule has 0 saturated carbocycles. The first-order valence-electron chi connectivity index (χ1n) is 7.78. The van der Waals surface area contributed by atoms with Crippen LogP contribution in [0.15, 0.2) is 0 Å². The minimum Gasteiger partial charge on any atom is -0.462 e. The first-order chi connectivity index (χ1) is 14.4. The van der Waals surface area contributed by atoms with Gasteiger partial charge in [-0.2, -0.15) is 0 Å². The van der Waals surface area contributed by atoms with Crippen molar-refractivity contribution < 1.29 is 54.2 Å². The molecule has 0 aliphatic rings. The summed E-state index contributed by atoms with van der Waals surface area (Å²) in [6.45, 7) is -1.21. The Bertz CT molecular complexity index is 936. The highest BCUT2D eigenvalue weighted by Crippen LogP contribution is 2.27. The lowest BCUT2D eigenvalue weighted by atomic mass is 10.2. The fourth-order valence-electron chi connectivity index (χ4n) is 2.10. The predicted molar refractivity (Wildman–Crippen MR) is 103 cm³/mol. The topological polar surface area (TPSA) is 52.6 Å². The molecule has 0 aliphatic carbocycles. The number of benzene rings is 2. The number of hydrogen-bond donors (Lipinski definition) is 0. The lowest BCUT2D eigenvalue weighted by Crippen LogP contribution is -2.17. The highest BCUT2D eigenvalue weighted by atomic mass is 127. The third-order valence-corrected chi connectivity index (χ3v) is 5.61. The van der Waals surface area contributed by atoms with E-state index in [1.165, 1.54) is 0 Å². The van der Waals surface area contributed by atoms with Crippen LogP contribution in [0.2, 0.25) is 0 Å². The normalized spacial score (nSPS) is 10.9. The Balaban J connectivity index is 1.99. The smallest absolute Gasteiger partial charge is 0.342 e.